The van der Waals surface area contributed by atoms with E-state index in [1.54, 1.807) is 0 Å². The van der Waals surface area contributed by atoms with E-state index in [1.807, 2.05) is 0 Å². The van der Waals surface area contributed by atoms with Crippen molar-refractivity contribution in [3.05, 3.63) is 10.5 Å². The fourth-order valence-corrected chi connectivity index (χ4v) is 13.1. The monoisotopic (exact) mass is 887 g/mol. The van der Waals surface area contributed by atoms with Gasteiger partial charge in [0.15, 0.2) is 6.29 Å². The van der Waals surface area contributed by atoms with Gasteiger partial charge in [-0.15, -0.1) is 0 Å². The van der Waals surface area contributed by atoms with E-state index in [2.05, 4.69) is 37.7 Å². The molecule has 2 heterocycles. The Morgan fingerprint density at radius 2 is 1.07 bits per heavy atom. The van der Waals surface area contributed by atoms with Crippen molar-refractivity contribution in [2.45, 2.75) is 281 Å². The second-order valence-electron chi connectivity index (χ2n) is 18.9. The summed E-state index contributed by atoms with van der Waals surface area (Å²) in [4.78, 5) is 13.7. The predicted octanol–water partition coefficient (Wildman–Crippen LogP) is 8.58. The molecule has 0 bridgehead atoms. The van der Waals surface area contributed by atoms with Crippen molar-refractivity contribution in [3.63, 3.8) is 0 Å². The van der Waals surface area contributed by atoms with Gasteiger partial charge in [-0.1, -0.05) is 212 Å². The highest BCUT2D eigenvalue weighted by Gasteiger charge is 2.45. The number of nitrogens with zero attached hydrogens (tertiary/aromatic N) is 4. The molecule has 0 aliphatic carbocycles. The number of hydrogen-bond acceptors (Lipinski definition) is 11. The van der Waals surface area contributed by atoms with Gasteiger partial charge in [-0.05, 0) is 23.3 Å². The molecule has 0 radical (unpaired) electrons. The summed E-state index contributed by atoms with van der Waals surface area (Å²) in [6.45, 7) is 8.78. The van der Waals surface area contributed by atoms with Gasteiger partial charge in [-0.3, -0.25) is 0 Å². The molecule has 6 N–H and O–H groups in total. The van der Waals surface area contributed by atoms with Gasteiger partial charge in [-0.2, -0.15) is 9.36 Å². The summed E-state index contributed by atoms with van der Waals surface area (Å²) in [5.41, 5.74) is -0.543. The summed E-state index contributed by atoms with van der Waals surface area (Å²) in [5.74, 6) is 0. The van der Waals surface area contributed by atoms with E-state index in [4.69, 9.17) is 9.47 Å². The summed E-state index contributed by atoms with van der Waals surface area (Å²) in [6.07, 6.45) is 23.1. The zero-order valence-corrected chi connectivity index (χ0v) is 40.4. The number of aryl methyl sites for hydroxylation is 1. The summed E-state index contributed by atoms with van der Waals surface area (Å²) in [6, 6.07) is 3.14. The third-order valence-corrected chi connectivity index (χ3v) is 18.0. The zero-order valence-electron chi connectivity index (χ0n) is 39.4. The van der Waals surface area contributed by atoms with Crippen LogP contribution in [0.15, 0.2) is 4.79 Å². The lowest BCUT2D eigenvalue weighted by molar-refractivity contribution is -0.304. The van der Waals surface area contributed by atoms with Crippen molar-refractivity contribution < 1.29 is 40.1 Å². The number of aliphatic hydroxyl groups is 6. The molecule has 5 unspecified atom stereocenters. The van der Waals surface area contributed by atoms with Crippen LogP contribution in [0.1, 0.15) is 207 Å². The van der Waals surface area contributed by atoms with Gasteiger partial charge in [0.05, 0.1) is 27.4 Å². The topological polar surface area (TPSA) is 193 Å². The van der Waals surface area contributed by atoms with Crippen molar-refractivity contribution in [1.29, 1.82) is 0 Å². The Bertz CT molecular complexity index is 1220. The molecule has 1 aliphatic rings. The maximum atomic E-state index is 13.7. The lowest BCUT2D eigenvalue weighted by atomic mass is 9.98. The number of aliphatic hydroxyl groups excluding tert-OH is 6. The van der Waals surface area contributed by atoms with Gasteiger partial charge in [0.1, 0.15) is 36.6 Å². The van der Waals surface area contributed by atoms with Gasteiger partial charge in [-0.25, -0.2) is 4.79 Å². The maximum absolute atomic E-state index is 13.7. The number of tetrazole rings is 1. The number of unbranched alkanes of at least 4 members (excludes halogenated alkanes) is 23. The van der Waals surface area contributed by atoms with Crippen molar-refractivity contribution in [2.75, 3.05) is 13.2 Å². The van der Waals surface area contributed by atoms with Crippen LogP contribution in [-0.2, 0) is 16.0 Å². The van der Waals surface area contributed by atoms with E-state index < -0.39 is 75.9 Å². The van der Waals surface area contributed by atoms with Crippen LogP contribution < -0.4 is 5.69 Å². The molecule has 1 aliphatic heterocycles. The van der Waals surface area contributed by atoms with Crippen LogP contribution in [0.5, 0.6) is 0 Å². The Labute approximate surface area is 371 Å². The molecule has 13 nitrogen and oxygen atoms in total. The molecule has 1 saturated heterocycles. The molecule has 0 amide bonds. The highest BCUT2D eigenvalue weighted by molar-refractivity contribution is 6.78. The van der Waals surface area contributed by atoms with Gasteiger partial charge in [0.2, 0.25) is 0 Å². The van der Waals surface area contributed by atoms with Crippen molar-refractivity contribution in [1.82, 2.24) is 19.8 Å². The van der Waals surface area contributed by atoms with E-state index in [0.717, 1.165) is 43.2 Å². The normalized spacial score (nSPS) is 21.2. The lowest BCUT2D eigenvalue weighted by Crippen LogP contribution is -2.59. The molecule has 360 valence electrons. The minimum absolute atomic E-state index is 0.317. The van der Waals surface area contributed by atoms with E-state index >= 15 is 0 Å². The molecular weight excluding hydrogens is 793 g/mol. The molecule has 14 heteroatoms. The van der Waals surface area contributed by atoms with Crippen LogP contribution in [0.2, 0.25) is 24.7 Å². The molecule has 61 heavy (non-hydrogen) atoms. The van der Waals surface area contributed by atoms with Gasteiger partial charge >= 0.3 is 5.69 Å². The highest BCUT2D eigenvalue weighted by atomic mass is 28.3. The standard InChI is InChI=1S/C47H94N4O9Si/c1-5-8-11-14-15-16-17-18-19-20-22-27-32-40(53)42(54)39(38-59-46-45(57)44(56)43(55)41(37-52)60-46)51-47(58)50(48-49-51)33-28-23-21-26-31-36-61(4,34-29-24-12-9-6-2)35-30-25-13-10-7-3/h39-46,52-57H,5-38H2,1-4H3/t39-,40+,41?,42-,43?,44?,45?,46?/m0/s1. The first-order valence-electron chi connectivity index (χ1n) is 25.3. The fraction of sp³-hybridized carbons (Fsp3) is 0.979. The van der Waals surface area contributed by atoms with E-state index in [0.29, 0.717) is 19.4 Å². The molecule has 0 saturated carbocycles. The lowest BCUT2D eigenvalue weighted by Gasteiger charge is -2.40. The fourth-order valence-electron chi connectivity index (χ4n) is 9.00. The molecule has 8 atom stereocenters. The SMILES string of the molecule is CCCCCCCCCCCCCC[C@@H](O)[C@@H](O)[C@H](COC1OC(CO)C(O)C(O)C1O)n1nnn(CCCCCCC[Si](C)(CCCCCCC)CCCCCCC)c1=O. The summed E-state index contributed by atoms with van der Waals surface area (Å²) >= 11 is 0. The molecule has 1 aromatic rings. The van der Waals surface area contributed by atoms with Crippen LogP contribution in [0.3, 0.4) is 0 Å². The average Bonchev–Trinajstić information content (AvgIpc) is 3.62. The Hall–Kier alpha value is -1.23. The van der Waals surface area contributed by atoms with Crippen molar-refractivity contribution >= 4 is 8.07 Å². The number of ether oxygens (including phenoxy) is 2. The second kappa shape index (κ2) is 34.2. The number of rotatable bonds is 40. The largest absolute Gasteiger partial charge is 0.394 e. The molecule has 1 aromatic heterocycles. The zero-order chi connectivity index (χ0) is 44.7. The van der Waals surface area contributed by atoms with E-state index in [1.165, 1.54) is 151 Å². The molecule has 2 rings (SSSR count). The third-order valence-electron chi connectivity index (χ3n) is 13.3. The summed E-state index contributed by atoms with van der Waals surface area (Å²) in [7, 11) is -1.25. The van der Waals surface area contributed by atoms with Crippen molar-refractivity contribution in [3.8, 4) is 0 Å². The Morgan fingerprint density at radius 3 is 1.54 bits per heavy atom. The smallest absolute Gasteiger partial charge is 0.364 e. The molecular formula is C47H94N4O9Si. The Balaban J connectivity index is 1.93. The highest BCUT2D eigenvalue weighted by Crippen LogP contribution is 2.30. The van der Waals surface area contributed by atoms with Crippen LogP contribution in [0.25, 0.3) is 0 Å². The number of aromatic nitrogens is 4. The first-order valence-corrected chi connectivity index (χ1v) is 28.5. The van der Waals surface area contributed by atoms with Crippen LogP contribution in [0, 0.1) is 0 Å². The van der Waals surface area contributed by atoms with Gasteiger partial charge < -0.3 is 40.1 Å². The quantitative estimate of drug-likeness (QED) is 0.0273. The van der Waals surface area contributed by atoms with Crippen molar-refractivity contribution in [2.24, 2.45) is 0 Å². The molecule has 0 aromatic carbocycles. The van der Waals surface area contributed by atoms with E-state index in [-0.39, 0.29) is 0 Å². The minimum atomic E-state index is -1.66. The van der Waals surface area contributed by atoms with Crippen LogP contribution in [-0.4, -0.2) is 115 Å². The Morgan fingerprint density at radius 1 is 0.623 bits per heavy atom. The van der Waals surface area contributed by atoms with Crippen LogP contribution >= 0.6 is 0 Å². The van der Waals surface area contributed by atoms with Gasteiger partial charge in [0.25, 0.3) is 0 Å². The predicted molar refractivity (Wildman–Crippen MR) is 247 cm³/mol. The maximum Gasteiger partial charge on any atom is 0.364 e. The first-order chi connectivity index (χ1) is 29.5. The van der Waals surface area contributed by atoms with E-state index in [9.17, 15) is 35.4 Å². The number of hydrogen-bond donors (Lipinski definition) is 6. The Kier molecular flexibility index (Phi) is 31.3. The molecule has 1 fully saturated rings. The average molecular weight is 887 g/mol. The second-order valence-corrected chi connectivity index (χ2v) is 24.0. The summed E-state index contributed by atoms with van der Waals surface area (Å²) in [5, 5.41) is 71.5. The minimum Gasteiger partial charge on any atom is -0.394 e. The third kappa shape index (κ3) is 22.5. The van der Waals surface area contributed by atoms with Crippen LogP contribution in [0.4, 0.5) is 0 Å². The first kappa shape index (κ1) is 55.9. The summed E-state index contributed by atoms with van der Waals surface area (Å²) < 4.78 is 13.6. The molecule has 0 spiro atoms. The van der Waals surface area contributed by atoms with Gasteiger partial charge in [0, 0.05) is 6.54 Å².